The number of aromatic nitrogens is 1. The van der Waals surface area contributed by atoms with Gasteiger partial charge >= 0.3 is 0 Å². The monoisotopic (exact) mass is 411 g/mol. The fourth-order valence-corrected chi connectivity index (χ4v) is 2.70. The van der Waals surface area contributed by atoms with Gasteiger partial charge in [0.1, 0.15) is 23.9 Å². The van der Waals surface area contributed by atoms with Crippen LogP contribution in [0.15, 0.2) is 77.6 Å². The van der Waals surface area contributed by atoms with E-state index in [1.165, 1.54) is 0 Å². The van der Waals surface area contributed by atoms with Gasteiger partial charge in [0.15, 0.2) is 0 Å². The van der Waals surface area contributed by atoms with Crippen LogP contribution in [0, 0.1) is 0 Å². The van der Waals surface area contributed by atoms with E-state index in [0.717, 1.165) is 12.0 Å². The lowest BCUT2D eigenvalue weighted by atomic mass is 10.1. The third-order valence-electron chi connectivity index (χ3n) is 4.29. The van der Waals surface area contributed by atoms with E-state index >= 15 is 0 Å². The van der Waals surface area contributed by atoms with Gasteiger partial charge < -0.3 is 25.3 Å². The van der Waals surface area contributed by atoms with E-state index in [1.54, 1.807) is 50.9 Å². The van der Waals surface area contributed by atoms with E-state index in [2.05, 4.69) is 23.3 Å². The highest BCUT2D eigenvalue weighted by molar-refractivity contribution is 5.94. The first-order valence-electron chi connectivity index (χ1n) is 9.72. The lowest BCUT2D eigenvalue weighted by molar-refractivity contribution is -0.117. The minimum Gasteiger partial charge on any atom is -0.501 e. The van der Waals surface area contributed by atoms with Gasteiger partial charge in [-0.25, -0.2) is 0 Å². The summed E-state index contributed by atoms with van der Waals surface area (Å²) < 4.78 is 16.3. The van der Waals surface area contributed by atoms with Crippen molar-refractivity contribution < 1.29 is 19.0 Å². The highest BCUT2D eigenvalue weighted by atomic mass is 16.5. The standard InChI is InChI=1S/C23H29N3O4/c1-4-6-17(16-30-22-10-12-25-15-21(22)24)7-5-11-26-23(27)18-8-9-19(28-2)14-20(13-18)29-3/h5-10,12,14-15H,4,11,13,16,24H2,1-3H3,(H,26,27)/b7-5-,17-6+. The summed E-state index contributed by atoms with van der Waals surface area (Å²) in [7, 11) is 3.15. The molecule has 0 aromatic carbocycles. The van der Waals surface area contributed by atoms with E-state index in [0.29, 0.717) is 48.1 Å². The maximum absolute atomic E-state index is 12.5. The van der Waals surface area contributed by atoms with Gasteiger partial charge in [0.05, 0.1) is 26.1 Å². The number of nitrogens with zero attached hydrogens (tertiary/aromatic N) is 1. The minimum atomic E-state index is -0.155. The van der Waals surface area contributed by atoms with E-state index in [4.69, 9.17) is 19.9 Å². The predicted octanol–water partition coefficient (Wildman–Crippen LogP) is 3.44. The predicted molar refractivity (Wildman–Crippen MR) is 118 cm³/mol. The second-order valence-electron chi connectivity index (χ2n) is 6.46. The summed E-state index contributed by atoms with van der Waals surface area (Å²) in [6, 6.07) is 1.73. The fraction of sp³-hybridized carbons (Fsp3) is 0.304. The maximum atomic E-state index is 12.5. The van der Waals surface area contributed by atoms with Crippen LogP contribution in [0.3, 0.4) is 0 Å². The third-order valence-corrected chi connectivity index (χ3v) is 4.29. The number of carbonyl (C=O) groups is 1. The van der Waals surface area contributed by atoms with Crippen LogP contribution in [-0.4, -0.2) is 38.3 Å². The van der Waals surface area contributed by atoms with Crippen LogP contribution in [0.5, 0.6) is 5.75 Å². The molecule has 0 aliphatic heterocycles. The molecule has 0 radical (unpaired) electrons. The maximum Gasteiger partial charge on any atom is 0.247 e. The molecular weight excluding hydrogens is 382 g/mol. The van der Waals surface area contributed by atoms with Gasteiger partial charge in [-0.3, -0.25) is 9.78 Å². The quantitative estimate of drug-likeness (QED) is 0.573. The van der Waals surface area contributed by atoms with E-state index in [-0.39, 0.29) is 5.91 Å². The number of nitrogen functional groups attached to an aromatic ring is 1. The molecule has 1 amide bonds. The first-order chi connectivity index (χ1) is 14.6. The summed E-state index contributed by atoms with van der Waals surface area (Å²) >= 11 is 0. The summed E-state index contributed by atoms with van der Waals surface area (Å²) in [4.78, 5) is 16.4. The Bertz CT molecular complexity index is 882. The van der Waals surface area contributed by atoms with Crippen molar-refractivity contribution in [2.45, 2.75) is 19.8 Å². The van der Waals surface area contributed by atoms with Crippen molar-refractivity contribution in [3.63, 3.8) is 0 Å². The number of nitrogens with two attached hydrogens (primary N) is 1. The molecule has 2 rings (SSSR count). The molecule has 1 aliphatic rings. The van der Waals surface area contributed by atoms with Crippen molar-refractivity contribution >= 4 is 11.6 Å². The molecule has 0 spiro atoms. The fourth-order valence-electron chi connectivity index (χ4n) is 2.70. The van der Waals surface area contributed by atoms with E-state index in [9.17, 15) is 4.79 Å². The summed E-state index contributed by atoms with van der Waals surface area (Å²) in [6.07, 6.45) is 15.6. The number of nitrogens with one attached hydrogen (secondary N) is 1. The molecule has 0 bridgehead atoms. The zero-order chi connectivity index (χ0) is 21.8. The Labute approximate surface area is 177 Å². The van der Waals surface area contributed by atoms with Gasteiger partial charge in [-0.2, -0.15) is 0 Å². The van der Waals surface area contributed by atoms with Gasteiger partial charge in [0.25, 0.3) is 0 Å². The average Bonchev–Trinajstić information content (AvgIpc) is 2.98. The van der Waals surface area contributed by atoms with E-state index in [1.807, 2.05) is 12.2 Å². The molecule has 0 atom stereocenters. The Balaban J connectivity index is 1.90. The van der Waals surface area contributed by atoms with Crippen LogP contribution in [0.25, 0.3) is 0 Å². The van der Waals surface area contributed by atoms with Crippen LogP contribution in [0.4, 0.5) is 5.69 Å². The van der Waals surface area contributed by atoms with Crippen LogP contribution in [-0.2, 0) is 14.3 Å². The minimum absolute atomic E-state index is 0.155. The molecule has 160 valence electrons. The van der Waals surface area contributed by atoms with Crippen molar-refractivity contribution in [1.29, 1.82) is 0 Å². The number of hydrogen-bond donors (Lipinski definition) is 2. The van der Waals surface area contributed by atoms with E-state index < -0.39 is 0 Å². The Kier molecular flexibility index (Phi) is 9.24. The second kappa shape index (κ2) is 12.2. The molecule has 0 saturated carbocycles. The smallest absolute Gasteiger partial charge is 0.247 e. The highest BCUT2D eigenvalue weighted by Crippen LogP contribution is 2.20. The largest absolute Gasteiger partial charge is 0.501 e. The molecule has 1 heterocycles. The lowest BCUT2D eigenvalue weighted by Crippen LogP contribution is -2.25. The molecule has 1 aromatic heterocycles. The van der Waals surface area contributed by atoms with Crippen LogP contribution >= 0.6 is 0 Å². The molecule has 7 nitrogen and oxygen atoms in total. The number of rotatable bonds is 10. The van der Waals surface area contributed by atoms with Gasteiger partial charge in [-0.15, -0.1) is 0 Å². The van der Waals surface area contributed by atoms with Crippen molar-refractivity contribution in [3.8, 4) is 5.75 Å². The summed E-state index contributed by atoms with van der Waals surface area (Å²) in [5.74, 6) is 1.74. The summed E-state index contributed by atoms with van der Waals surface area (Å²) in [5.41, 5.74) is 7.94. The van der Waals surface area contributed by atoms with Gasteiger partial charge in [-0.05, 0) is 24.1 Å². The highest BCUT2D eigenvalue weighted by Gasteiger charge is 2.14. The molecule has 30 heavy (non-hydrogen) atoms. The van der Waals surface area contributed by atoms with Crippen molar-refractivity contribution in [3.05, 3.63) is 77.6 Å². The van der Waals surface area contributed by atoms with Crippen LogP contribution in [0.2, 0.25) is 0 Å². The number of hydrogen-bond acceptors (Lipinski definition) is 6. The molecule has 7 heteroatoms. The zero-order valence-electron chi connectivity index (χ0n) is 17.7. The number of pyridine rings is 1. The molecule has 0 fully saturated rings. The lowest BCUT2D eigenvalue weighted by Gasteiger charge is -2.10. The number of methoxy groups -OCH3 is 2. The second-order valence-corrected chi connectivity index (χ2v) is 6.46. The Hall–Kier alpha value is -3.48. The van der Waals surface area contributed by atoms with Crippen molar-refractivity contribution in [2.75, 3.05) is 33.1 Å². The molecule has 0 unspecified atom stereocenters. The Morgan fingerprint density at radius 2 is 2.13 bits per heavy atom. The van der Waals surface area contributed by atoms with Crippen LogP contribution in [0.1, 0.15) is 19.8 Å². The molecule has 1 aliphatic carbocycles. The normalized spacial score (nSPS) is 14.4. The van der Waals surface area contributed by atoms with Gasteiger partial charge in [0, 0.05) is 36.9 Å². The first-order valence-corrected chi connectivity index (χ1v) is 9.72. The van der Waals surface area contributed by atoms with Crippen LogP contribution < -0.4 is 15.8 Å². The SMILES string of the molecule is CC/C=C(\C=C/CNC(=O)C1=CC=C(OC)C=C(OC)C1)COc1ccncc1N. The zero-order valence-corrected chi connectivity index (χ0v) is 17.7. The number of carbonyl (C=O) groups excluding carboxylic acids is 1. The molecular formula is C23H29N3O4. The molecule has 0 saturated heterocycles. The summed E-state index contributed by atoms with van der Waals surface area (Å²) in [5, 5.41) is 2.89. The van der Waals surface area contributed by atoms with Crippen molar-refractivity contribution in [2.24, 2.45) is 0 Å². The Morgan fingerprint density at radius 3 is 2.83 bits per heavy atom. The first kappa shape index (κ1) is 22.8. The number of amides is 1. The third kappa shape index (κ3) is 7.16. The average molecular weight is 412 g/mol. The van der Waals surface area contributed by atoms with Gasteiger partial charge in [0.2, 0.25) is 5.91 Å². The number of allylic oxidation sites excluding steroid dienone is 5. The van der Waals surface area contributed by atoms with Gasteiger partial charge in [-0.1, -0.05) is 25.2 Å². The topological polar surface area (TPSA) is 95.7 Å². The molecule has 3 N–H and O–H groups in total. The van der Waals surface area contributed by atoms with Crippen molar-refractivity contribution in [1.82, 2.24) is 10.3 Å². The number of ether oxygens (including phenoxy) is 3. The number of anilines is 1. The Morgan fingerprint density at radius 1 is 1.30 bits per heavy atom. The summed E-state index contributed by atoms with van der Waals surface area (Å²) in [6.45, 7) is 2.82. The molecule has 1 aromatic rings.